The molecule has 0 spiro atoms. The highest BCUT2D eigenvalue weighted by atomic mass is 35.5. The van der Waals surface area contributed by atoms with Crippen LogP contribution in [0.4, 0.5) is 0 Å². The second kappa shape index (κ2) is 5.39. The molecule has 1 aliphatic rings. The first-order valence-corrected chi connectivity index (χ1v) is 7.51. The lowest BCUT2D eigenvalue weighted by atomic mass is 9.80. The normalized spacial score (nSPS) is 24.1. The molecule has 1 fully saturated rings. The molecule has 94 valence electrons. The molecule has 1 aromatic heterocycles. The van der Waals surface area contributed by atoms with E-state index in [1.807, 2.05) is 17.6 Å². The fourth-order valence-electron chi connectivity index (χ4n) is 2.72. The summed E-state index contributed by atoms with van der Waals surface area (Å²) in [5.74, 6) is 0.909. The second-order valence-electron chi connectivity index (χ2n) is 4.64. The number of halogens is 1. The molecule has 2 aromatic rings. The number of nitrogens with one attached hydrogen (secondary N) is 1. The third-order valence-corrected chi connectivity index (χ3v) is 4.57. The van der Waals surface area contributed by atoms with Gasteiger partial charge in [0.1, 0.15) is 0 Å². The van der Waals surface area contributed by atoms with Gasteiger partial charge in [0.25, 0.3) is 0 Å². The summed E-state index contributed by atoms with van der Waals surface area (Å²) in [6.45, 7) is 2.04. The minimum Gasteiger partial charge on any atom is -0.316 e. The minimum atomic E-state index is 0.426. The van der Waals surface area contributed by atoms with Gasteiger partial charge in [-0.05, 0) is 24.6 Å². The van der Waals surface area contributed by atoms with Crippen molar-refractivity contribution in [2.24, 2.45) is 0 Å². The Labute approximate surface area is 116 Å². The van der Waals surface area contributed by atoms with Gasteiger partial charge in [-0.1, -0.05) is 29.8 Å². The molecule has 3 rings (SSSR count). The van der Waals surface area contributed by atoms with Crippen LogP contribution in [-0.2, 0) is 0 Å². The number of hydrogen-bond donors (Lipinski definition) is 1. The molecular weight excluding hydrogens is 264 g/mol. The second-order valence-corrected chi connectivity index (χ2v) is 5.77. The monoisotopic (exact) mass is 278 g/mol. The topological polar surface area (TPSA) is 24.9 Å². The van der Waals surface area contributed by atoms with Crippen molar-refractivity contribution >= 4 is 22.9 Å². The minimum absolute atomic E-state index is 0.426. The average molecular weight is 279 g/mol. The Hall–Kier alpha value is -0.900. The molecule has 1 aliphatic heterocycles. The molecule has 0 bridgehead atoms. The van der Waals surface area contributed by atoms with Crippen LogP contribution in [0.3, 0.4) is 0 Å². The predicted octanol–water partition coefficient (Wildman–Crippen LogP) is 3.66. The van der Waals surface area contributed by atoms with Crippen molar-refractivity contribution in [2.75, 3.05) is 13.1 Å². The summed E-state index contributed by atoms with van der Waals surface area (Å²) in [5.41, 5.74) is 4.37. The molecule has 1 aromatic carbocycles. The molecule has 2 atom stereocenters. The van der Waals surface area contributed by atoms with Crippen molar-refractivity contribution in [1.29, 1.82) is 0 Å². The van der Waals surface area contributed by atoms with E-state index in [1.54, 1.807) is 11.3 Å². The maximum Gasteiger partial charge on any atom is 0.0794 e. The van der Waals surface area contributed by atoms with Crippen LogP contribution >= 0.6 is 22.9 Å². The number of aromatic nitrogens is 1. The Morgan fingerprint density at radius 2 is 2.17 bits per heavy atom. The summed E-state index contributed by atoms with van der Waals surface area (Å²) in [5, 5.41) is 6.50. The maximum absolute atomic E-state index is 6.34. The lowest BCUT2D eigenvalue weighted by Gasteiger charge is -2.32. The Balaban J connectivity index is 1.95. The van der Waals surface area contributed by atoms with Crippen LogP contribution in [0, 0.1) is 0 Å². The number of nitrogens with zero attached hydrogens (tertiary/aromatic N) is 1. The quantitative estimate of drug-likeness (QED) is 0.907. The van der Waals surface area contributed by atoms with Gasteiger partial charge in [0.05, 0.1) is 11.2 Å². The van der Waals surface area contributed by atoms with Crippen LogP contribution in [-0.4, -0.2) is 18.1 Å². The van der Waals surface area contributed by atoms with E-state index in [1.165, 1.54) is 11.3 Å². The van der Waals surface area contributed by atoms with Crippen LogP contribution in [0.5, 0.6) is 0 Å². The van der Waals surface area contributed by atoms with E-state index in [4.69, 9.17) is 11.6 Å². The summed E-state index contributed by atoms with van der Waals surface area (Å²) < 4.78 is 0. The highest BCUT2D eigenvalue weighted by Gasteiger charge is 2.30. The van der Waals surface area contributed by atoms with Crippen molar-refractivity contribution < 1.29 is 0 Å². The van der Waals surface area contributed by atoms with Gasteiger partial charge in [0.2, 0.25) is 0 Å². The van der Waals surface area contributed by atoms with Crippen LogP contribution in [0.1, 0.15) is 29.5 Å². The zero-order valence-corrected chi connectivity index (χ0v) is 11.5. The molecule has 1 N–H and O–H groups in total. The smallest absolute Gasteiger partial charge is 0.0794 e. The van der Waals surface area contributed by atoms with Gasteiger partial charge in [-0.15, -0.1) is 11.3 Å². The molecule has 2 unspecified atom stereocenters. The number of rotatable bonds is 2. The first kappa shape index (κ1) is 12.2. The summed E-state index contributed by atoms with van der Waals surface area (Å²) in [6, 6.07) is 8.16. The first-order chi connectivity index (χ1) is 8.86. The van der Waals surface area contributed by atoms with Crippen LogP contribution in [0.15, 0.2) is 35.2 Å². The standard InChI is InChI=1S/C14H15ClN2S/c15-13-4-2-1-3-10(13)12-7-16-6-5-11(12)14-8-18-9-17-14/h1-4,8-9,11-12,16H,5-7H2. The van der Waals surface area contributed by atoms with Gasteiger partial charge in [-0.3, -0.25) is 0 Å². The van der Waals surface area contributed by atoms with Gasteiger partial charge in [-0.25, -0.2) is 4.98 Å². The Bertz CT molecular complexity index is 512. The highest BCUT2D eigenvalue weighted by Crippen LogP contribution is 2.39. The largest absolute Gasteiger partial charge is 0.316 e. The van der Waals surface area contributed by atoms with Crippen LogP contribution in [0.25, 0.3) is 0 Å². The van der Waals surface area contributed by atoms with Crippen molar-refractivity contribution in [3.8, 4) is 0 Å². The number of benzene rings is 1. The molecule has 0 amide bonds. The van der Waals surface area contributed by atoms with E-state index in [2.05, 4.69) is 27.8 Å². The first-order valence-electron chi connectivity index (χ1n) is 6.19. The summed E-state index contributed by atoms with van der Waals surface area (Å²) in [4.78, 5) is 4.49. The third-order valence-electron chi connectivity index (χ3n) is 3.62. The van der Waals surface area contributed by atoms with Gasteiger partial charge < -0.3 is 5.32 Å². The predicted molar refractivity (Wildman–Crippen MR) is 76.5 cm³/mol. The molecule has 2 nitrogen and oxygen atoms in total. The molecule has 1 saturated heterocycles. The van der Waals surface area contributed by atoms with E-state index in [9.17, 15) is 0 Å². The lowest BCUT2D eigenvalue weighted by molar-refractivity contribution is 0.399. The molecule has 0 aliphatic carbocycles. The average Bonchev–Trinajstić information content (AvgIpc) is 2.93. The Morgan fingerprint density at radius 3 is 2.94 bits per heavy atom. The Kier molecular flexibility index (Phi) is 3.64. The SMILES string of the molecule is Clc1ccccc1C1CNCCC1c1cscn1. The van der Waals surface area contributed by atoms with E-state index in [0.717, 1.165) is 24.5 Å². The third kappa shape index (κ3) is 2.30. The number of piperidine rings is 1. The fraction of sp³-hybridized carbons (Fsp3) is 0.357. The van der Waals surface area contributed by atoms with Gasteiger partial charge >= 0.3 is 0 Å². The Morgan fingerprint density at radius 1 is 1.28 bits per heavy atom. The van der Waals surface area contributed by atoms with Crippen molar-refractivity contribution in [3.05, 3.63) is 51.4 Å². The van der Waals surface area contributed by atoms with Crippen LogP contribution in [0.2, 0.25) is 5.02 Å². The van der Waals surface area contributed by atoms with Crippen molar-refractivity contribution in [2.45, 2.75) is 18.3 Å². The zero-order valence-electron chi connectivity index (χ0n) is 9.97. The van der Waals surface area contributed by atoms with Crippen molar-refractivity contribution in [1.82, 2.24) is 10.3 Å². The zero-order chi connectivity index (χ0) is 12.4. The number of hydrogen-bond acceptors (Lipinski definition) is 3. The molecule has 4 heteroatoms. The van der Waals surface area contributed by atoms with Crippen LogP contribution < -0.4 is 5.32 Å². The number of thiazole rings is 1. The fourth-order valence-corrected chi connectivity index (χ4v) is 3.61. The molecule has 18 heavy (non-hydrogen) atoms. The van der Waals surface area contributed by atoms with E-state index < -0.39 is 0 Å². The summed E-state index contributed by atoms with van der Waals surface area (Å²) in [6.07, 6.45) is 1.12. The van der Waals surface area contributed by atoms with Gasteiger partial charge in [0.15, 0.2) is 0 Å². The van der Waals surface area contributed by atoms with Gasteiger partial charge in [0, 0.05) is 28.8 Å². The lowest BCUT2D eigenvalue weighted by Crippen LogP contribution is -2.34. The highest BCUT2D eigenvalue weighted by molar-refractivity contribution is 7.07. The van der Waals surface area contributed by atoms with E-state index in [-0.39, 0.29) is 0 Å². The van der Waals surface area contributed by atoms with Gasteiger partial charge in [-0.2, -0.15) is 0 Å². The molecule has 0 saturated carbocycles. The summed E-state index contributed by atoms with van der Waals surface area (Å²) >= 11 is 8.01. The van der Waals surface area contributed by atoms with Crippen molar-refractivity contribution in [3.63, 3.8) is 0 Å². The van der Waals surface area contributed by atoms with E-state index in [0.29, 0.717) is 11.8 Å². The maximum atomic E-state index is 6.34. The van der Waals surface area contributed by atoms with E-state index >= 15 is 0 Å². The summed E-state index contributed by atoms with van der Waals surface area (Å²) in [7, 11) is 0. The molecule has 0 radical (unpaired) electrons. The molecular formula is C14H15ClN2S. The molecule has 2 heterocycles.